The minimum Gasteiger partial charge on any atom is -0.291 e. The van der Waals surface area contributed by atoms with Crippen molar-refractivity contribution < 1.29 is 0 Å². The largest absolute Gasteiger partial charge is 0.291 e. The third-order valence-corrected chi connectivity index (χ3v) is 0.547. The van der Waals surface area contributed by atoms with Gasteiger partial charge >= 0.3 is 0 Å². The van der Waals surface area contributed by atoms with Gasteiger partial charge in [-0.3, -0.25) is 9.89 Å². The second kappa shape index (κ2) is 10.6. The van der Waals surface area contributed by atoms with E-state index in [0.29, 0.717) is 0 Å². The summed E-state index contributed by atoms with van der Waals surface area (Å²) in [6.45, 7) is 6.72. The average Bonchev–Trinajstić information content (AvgIpc) is 1.88. The normalized spacial score (nSPS) is 9.56. The molecule has 0 bridgehead atoms. The zero-order valence-corrected chi connectivity index (χ0v) is 7.18. The van der Waals surface area contributed by atoms with Gasteiger partial charge in [0.1, 0.15) is 0 Å². The molecule has 0 heterocycles. The summed E-state index contributed by atoms with van der Waals surface area (Å²) in [4.78, 5) is 5.99. The van der Waals surface area contributed by atoms with E-state index in [1.807, 2.05) is 39.8 Å². The van der Waals surface area contributed by atoms with Crippen molar-refractivity contribution in [2.45, 2.75) is 20.8 Å². The van der Waals surface area contributed by atoms with Crippen molar-refractivity contribution in [3.05, 3.63) is 0 Å². The lowest BCUT2D eigenvalue weighted by Crippen LogP contribution is -2.10. The van der Waals surface area contributed by atoms with Crippen molar-refractivity contribution in [2.75, 3.05) is 20.8 Å². The summed E-state index contributed by atoms with van der Waals surface area (Å²) in [6, 6.07) is 0. The Hall–Kier alpha value is -0.370. The van der Waals surface area contributed by atoms with E-state index in [0.717, 1.165) is 6.67 Å². The van der Waals surface area contributed by atoms with Crippen LogP contribution in [-0.4, -0.2) is 31.9 Å². The van der Waals surface area contributed by atoms with Crippen molar-refractivity contribution in [1.29, 1.82) is 0 Å². The Morgan fingerprint density at radius 2 is 1.78 bits per heavy atom. The molecule has 2 nitrogen and oxygen atoms in total. The van der Waals surface area contributed by atoms with Crippen LogP contribution in [0.5, 0.6) is 0 Å². The Labute approximate surface area is 58.6 Å². The summed E-state index contributed by atoms with van der Waals surface area (Å²) in [6.07, 6.45) is 1.81. The number of nitrogens with zero attached hydrogens (tertiary/aromatic N) is 2. The molecule has 0 radical (unpaired) electrons. The van der Waals surface area contributed by atoms with E-state index in [9.17, 15) is 0 Å². The van der Waals surface area contributed by atoms with Crippen LogP contribution >= 0.6 is 0 Å². The molecule has 0 aromatic heterocycles. The maximum absolute atomic E-state index is 3.97. The molecule has 0 aliphatic rings. The molecule has 0 spiro atoms. The van der Waals surface area contributed by atoms with E-state index in [2.05, 4.69) is 4.99 Å². The third kappa shape index (κ3) is 18.4. The van der Waals surface area contributed by atoms with Gasteiger partial charge in [-0.15, -0.1) is 0 Å². The summed E-state index contributed by atoms with van der Waals surface area (Å²) in [5.41, 5.74) is 0. The lowest BCUT2D eigenvalue weighted by atomic mass is 10.8. The highest BCUT2D eigenvalue weighted by molar-refractivity contribution is 5.52. The van der Waals surface area contributed by atoms with E-state index >= 15 is 0 Å². The van der Waals surface area contributed by atoms with Gasteiger partial charge in [0.2, 0.25) is 0 Å². The lowest BCUT2D eigenvalue weighted by molar-refractivity contribution is 0.425. The number of rotatable bonds is 2. The Balaban J connectivity index is 0. The van der Waals surface area contributed by atoms with Gasteiger partial charge in [0, 0.05) is 0 Å². The van der Waals surface area contributed by atoms with Crippen molar-refractivity contribution >= 4 is 6.21 Å². The molecular weight excluding hydrogens is 112 g/mol. The maximum atomic E-state index is 3.97. The monoisotopic (exact) mass is 130 g/mol. The predicted octanol–water partition coefficient (Wildman–Crippen LogP) is 1.62. The molecule has 9 heavy (non-hydrogen) atoms. The van der Waals surface area contributed by atoms with Crippen LogP contribution in [0, 0.1) is 0 Å². The number of hydrogen-bond donors (Lipinski definition) is 0. The third-order valence-electron chi connectivity index (χ3n) is 0.547. The molecule has 0 N–H and O–H groups in total. The molecule has 0 fully saturated rings. The molecular formula is C7H18N2. The minimum atomic E-state index is 0.802. The zero-order chi connectivity index (χ0) is 7.70. The number of aliphatic imine (C=N–C) groups is 1. The molecule has 0 unspecified atom stereocenters. The van der Waals surface area contributed by atoms with Crippen LogP contribution < -0.4 is 0 Å². The summed E-state index contributed by atoms with van der Waals surface area (Å²) >= 11 is 0. The summed E-state index contributed by atoms with van der Waals surface area (Å²) in [5, 5.41) is 0. The molecule has 0 amide bonds. The second-order valence-electron chi connectivity index (χ2n) is 1.66. The fourth-order valence-electron chi connectivity index (χ4n) is 0.245. The van der Waals surface area contributed by atoms with Gasteiger partial charge in [0.15, 0.2) is 0 Å². The van der Waals surface area contributed by atoms with Crippen molar-refractivity contribution in [3.63, 3.8) is 0 Å². The summed E-state index contributed by atoms with van der Waals surface area (Å²) in [7, 11) is 3.99. The van der Waals surface area contributed by atoms with Crippen LogP contribution in [0.1, 0.15) is 20.8 Å². The van der Waals surface area contributed by atoms with Gasteiger partial charge in [-0.2, -0.15) is 0 Å². The van der Waals surface area contributed by atoms with E-state index in [-0.39, 0.29) is 0 Å². The Bertz CT molecular complexity index is 57.9. The van der Waals surface area contributed by atoms with E-state index in [1.54, 1.807) is 6.21 Å². The van der Waals surface area contributed by atoms with E-state index in [1.165, 1.54) is 0 Å². The molecule has 0 aliphatic heterocycles. The molecule has 0 aromatic carbocycles. The zero-order valence-electron chi connectivity index (χ0n) is 7.18. The fraction of sp³-hybridized carbons (Fsp3) is 0.857. The first-order valence-electron chi connectivity index (χ1n) is 3.36. The van der Waals surface area contributed by atoms with Crippen molar-refractivity contribution in [2.24, 2.45) is 4.99 Å². The predicted molar refractivity (Wildman–Crippen MR) is 44.1 cm³/mol. The van der Waals surface area contributed by atoms with Crippen LogP contribution in [0.2, 0.25) is 0 Å². The molecule has 0 aliphatic carbocycles. The summed E-state index contributed by atoms with van der Waals surface area (Å²) in [5.74, 6) is 0. The summed E-state index contributed by atoms with van der Waals surface area (Å²) < 4.78 is 0. The van der Waals surface area contributed by atoms with Crippen LogP contribution in [0.4, 0.5) is 0 Å². The minimum absolute atomic E-state index is 0.802. The van der Waals surface area contributed by atoms with E-state index in [4.69, 9.17) is 0 Å². The van der Waals surface area contributed by atoms with Gasteiger partial charge in [-0.1, -0.05) is 13.8 Å². The highest BCUT2D eigenvalue weighted by Crippen LogP contribution is 1.70. The molecule has 0 rings (SSSR count). The van der Waals surface area contributed by atoms with Gasteiger partial charge in [-0.05, 0) is 27.2 Å². The molecule has 0 saturated heterocycles. The topological polar surface area (TPSA) is 15.6 Å². The Kier molecular flexibility index (Phi) is 13.4. The van der Waals surface area contributed by atoms with Crippen LogP contribution in [0.15, 0.2) is 4.99 Å². The van der Waals surface area contributed by atoms with Gasteiger partial charge in [0.05, 0.1) is 6.67 Å². The number of hydrogen-bond acceptors (Lipinski definition) is 2. The Morgan fingerprint density at radius 1 is 1.33 bits per heavy atom. The fourth-order valence-corrected chi connectivity index (χ4v) is 0.245. The van der Waals surface area contributed by atoms with E-state index < -0.39 is 0 Å². The Morgan fingerprint density at radius 3 is 1.89 bits per heavy atom. The van der Waals surface area contributed by atoms with Crippen molar-refractivity contribution in [3.8, 4) is 0 Å². The molecule has 0 atom stereocenters. The first kappa shape index (κ1) is 11.4. The first-order valence-corrected chi connectivity index (χ1v) is 3.36. The van der Waals surface area contributed by atoms with Gasteiger partial charge < -0.3 is 0 Å². The molecule has 56 valence electrons. The highest BCUT2D eigenvalue weighted by Gasteiger charge is 1.77. The van der Waals surface area contributed by atoms with Gasteiger partial charge in [0.25, 0.3) is 0 Å². The van der Waals surface area contributed by atoms with Crippen molar-refractivity contribution in [1.82, 2.24) is 4.90 Å². The van der Waals surface area contributed by atoms with Gasteiger partial charge in [-0.25, -0.2) is 0 Å². The lowest BCUT2D eigenvalue weighted by Gasteiger charge is -2.01. The first-order chi connectivity index (χ1) is 4.27. The van der Waals surface area contributed by atoms with Crippen LogP contribution in [0.3, 0.4) is 0 Å². The highest BCUT2D eigenvalue weighted by atomic mass is 15.1. The quantitative estimate of drug-likeness (QED) is 0.519. The van der Waals surface area contributed by atoms with Crippen LogP contribution in [0.25, 0.3) is 0 Å². The van der Waals surface area contributed by atoms with Crippen LogP contribution in [-0.2, 0) is 0 Å². The SMILES string of the molecule is C/C=N\CN(C)C.CC. The maximum Gasteiger partial charge on any atom is 0.0900 e. The standard InChI is InChI=1S/C5H12N2.C2H6/c1-4-6-5-7(2)3;1-2/h4H,5H2,1-3H3;1-2H3/b6-4-;. The smallest absolute Gasteiger partial charge is 0.0900 e. The average molecular weight is 130 g/mol. The molecule has 2 heteroatoms. The second-order valence-corrected chi connectivity index (χ2v) is 1.66. The molecule has 0 saturated carbocycles. The molecule has 0 aromatic rings.